The van der Waals surface area contributed by atoms with E-state index in [0.717, 1.165) is 24.1 Å². The highest BCUT2D eigenvalue weighted by molar-refractivity contribution is 5.69. The fraction of sp³-hybridized carbons (Fsp3) is 0.263. The summed E-state index contributed by atoms with van der Waals surface area (Å²) in [6.45, 7) is 0. The van der Waals surface area contributed by atoms with Crippen molar-refractivity contribution < 1.29 is 5.11 Å². The Morgan fingerprint density at radius 1 is 1.04 bits per heavy atom. The molecular formula is C19H17N3O. The smallest absolute Gasteiger partial charge is 0.0956 e. The van der Waals surface area contributed by atoms with Gasteiger partial charge in [0.05, 0.1) is 30.4 Å². The van der Waals surface area contributed by atoms with Gasteiger partial charge in [0.15, 0.2) is 0 Å². The molecule has 1 N–H and O–H groups in total. The maximum absolute atomic E-state index is 11.0. The molecule has 0 radical (unpaired) electrons. The van der Waals surface area contributed by atoms with Crippen LogP contribution < -0.4 is 0 Å². The summed E-state index contributed by atoms with van der Waals surface area (Å²) >= 11 is 0. The minimum atomic E-state index is -0.487. The molecule has 0 bridgehead atoms. The number of benzene rings is 1. The van der Waals surface area contributed by atoms with E-state index in [1.165, 1.54) is 16.7 Å². The summed E-state index contributed by atoms with van der Waals surface area (Å²) in [5.41, 5.74) is 5.88. The van der Waals surface area contributed by atoms with Gasteiger partial charge in [0, 0.05) is 29.4 Å². The van der Waals surface area contributed by atoms with Gasteiger partial charge >= 0.3 is 0 Å². The largest absolute Gasteiger partial charge is 0.388 e. The predicted octanol–water partition coefficient (Wildman–Crippen LogP) is 3.14. The van der Waals surface area contributed by atoms with Crippen molar-refractivity contribution in [2.75, 3.05) is 0 Å². The van der Waals surface area contributed by atoms with Crippen LogP contribution in [-0.4, -0.2) is 19.6 Å². The minimum Gasteiger partial charge on any atom is -0.388 e. The number of aromatic nitrogens is 3. The van der Waals surface area contributed by atoms with Gasteiger partial charge in [-0.1, -0.05) is 24.3 Å². The third-order valence-corrected chi connectivity index (χ3v) is 5.34. The van der Waals surface area contributed by atoms with Crippen LogP contribution in [0.25, 0.3) is 11.3 Å². The van der Waals surface area contributed by atoms with Crippen LogP contribution in [-0.2, 0) is 6.42 Å². The fourth-order valence-electron chi connectivity index (χ4n) is 4.28. The van der Waals surface area contributed by atoms with Crippen molar-refractivity contribution >= 4 is 0 Å². The van der Waals surface area contributed by atoms with Crippen molar-refractivity contribution in [2.24, 2.45) is 5.92 Å². The molecule has 3 atom stereocenters. The maximum atomic E-state index is 11.0. The second kappa shape index (κ2) is 4.77. The summed E-state index contributed by atoms with van der Waals surface area (Å²) in [4.78, 5) is 8.54. The number of hydrogen-bond donors (Lipinski definition) is 1. The van der Waals surface area contributed by atoms with Gasteiger partial charge in [-0.3, -0.25) is 4.98 Å². The third kappa shape index (κ3) is 1.75. The lowest BCUT2D eigenvalue weighted by molar-refractivity contribution is 0.0717. The molecule has 23 heavy (non-hydrogen) atoms. The number of nitrogens with zero attached hydrogens (tertiary/aromatic N) is 3. The zero-order valence-electron chi connectivity index (χ0n) is 12.6. The number of imidazole rings is 1. The standard InChI is InChI=1S/C19H17N3O/c23-19-15(6-5-12-7-8-20-9-16(12)19)18-14-4-2-1-3-13(14)17-10-21-11-22(17)18/h1-4,7-11,15,18-19,23H,5-6H2/t15-,18+,19+/m0/s1. The van der Waals surface area contributed by atoms with Crippen LogP contribution in [0.3, 0.4) is 0 Å². The van der Waals surface area contributed by atoms with E-state index in [9.17, 15) is 5.11 Å². The first-order chi connectivity index (χ1) is 11.3. The van der Waals surface area contributed by atoms with E-state index in [1.54, 1.807) is 0 Å². The molecule has 0 saturated heterocycles. The highest BCUT2D eigenvalue weighted by Crippen LogP contribution is 2.49. The summed E-state index contributed by atoms with van der Waals surface area (Å²) < 4.78 is 2.22. The Bertz CT molecular complexity index is 886. The Hall–Kier alpha value is -2.46. The highest BCUT2D eigenvalue weighted by atomic mass is 16.3. The minimum absolute atomic E-state index is 0.142. The first-order valence-corrected chi connectivity index (χ1v) is 8.06. The number of aliphatic hydroxyl groups is 1. The topological polar surface area (TPSA) is 50.9 Å². The molecule has 4 heteroatoms. The van der Waals surface area contributed by atoms with Crippen molar-refractivity contribution in [3.63, 3.8) is 0 Å². The Morgan fingerprint density at radius 3 is 2.91 bits per heavy atom. The zero-order chi connectivity index (χ0) is 15.4. The second-order valence-electron chi connectivity index (χ2n) is 6.44. The second-order valence-corrected chi connectivity index (χ2v) is 6.44. The molecule has 1 aliphatic carbocycles. The Kier molecular flexibility index (Phi) is 2.70. The van der Waals surface area contributed by atoms with Gasteiger partial charge in [-0.25, -0.2) is 4.98 Å². The first kappa shape index (κ1) is 13.0. The lowest BCUT2D eigenvalue weighted by atomic mass is 9.76. The third-order valence-electron chi connectivity index (χ3n) is 5.34. The van der Waals surface area contributed by atoms with Gasteiger partial charge in [0.1, 0.15) is 0 Å². The van der Waals surface area contributed by atoms with E-state index < -0.39 is 6.10 Å². The predicted molar refractivity (Wildman–Crippen MR) is 86.8 cm³/mol. The maximum Gasteiger partial charge on any atom is 0.0956 e. The molecule has 0 spiro atoms. The molecule has 5 rings (SSSR count). The van der Waals surface area contributed by atoms with E-state index in [2.05, 4.69) is 38.8 Å². The summed E-state index contributed by atoms with van der Waals surface area (Å²) in [5.74, 6) is 0.142. The van der Waals surface area contributed by atoms with E-state index in [1.807, 2.05) is 31.0 Å². The van der Waals surface area contributed by atoms with Gasteiger partial charge in [0.25, 0.3) is 0 Å². The molecule has 0 amide bonds. The summed E-state index contributed by atoms with van der Waals surface area (Å²) in [7, 11) is 0. The van der Waals surface area contributed by atoms with Crippen LogP contribution in [0.2, 0.25) is 0 Å². The summed E-state index contributed by atoms with van der Waals surface area (Å²) in [5, 5.41) is 11.0. The quantitative estimate of drug-likeness (QED) is 0.751. The van der Waals surface area contributed by atoms with Crippen LogP contribution in [0.5, 0.6) is 0 Å². The lowest BCUT2D eigenvalue weighted by Gasteiger charge is -2.35. The van der Waals surface area contributed by atoms with Crippen molar-refractivity contribution in [3.05, 3.63) is 71.9 Å². The number of hydrogen-bond acceptors (Lipinski definition) is 3. The van der Waals surface area contributed by atoms with Crippen molar-refractivity contribution in [3.8, 4) is 11.3 Å². The molecule has 2 aliphatic rings. The molecule has 0 fully saturated rings. The van der Waals surface area contributed by atoms with Crippen LogP contribution in [0.1, 0.15) is 35.3 Å². The van der Waals surface area contributed by atoms with Crippen LogP contribution in [0.4, 0.5) is 0 Å². The van der Waals surface area contributed by atoms with E-state index in [4.69, 9.17) is 0 Å². The molecule has 114 valence electrons. The Balaban J connectivity index is 1.64. The zero-order valence-corrected chi connectivity index (χ0v) is 12.6. The van der Waals surface area contributed by atoms with E-state index >= 15 is 0 Å². The number of fused-ring (bicyclic) bond motifs is 4. The van der Waals surface area contributed by atoms with Crippen LogP contribution in [0.15, 0.2) is 55.2 Å². The molecule has 2 aromatic heterocycles. The molecule has 1 aliphatic heterocycles. The van der Waals surface area contributed by atoms with Gasteiger partial charge < -0.3 is 9.67 Å². The average Bonchev–Trinajstić information content (AvgIpc) is 3.17. The van der Waals surface area contributed by atoms with Gasteiger partial charge in [0.2, 0.25) is 0 Å². The van der Waals surface area contributed by atoms with Crippen molar-refractivity contribution in [2.45, 2.75) is 25.0 Å². The molecule has 3 aromatic rings. The Labute approximate surface area is 134 Å². The Morgan fingerprint density at radius 2 is 1.96 bits per heavy atom. The summed E-state index contributed by atoms with van der Waals surface area (Å²) in [6, 6.07) is 10.6. The number of pyridine rings is 1. The van der Waals surface area contributed by atoms with Crippen molar-refractivity contribution in [1.82, 2.24) is 14.5 Å². The average molecular weight is 303 g/mol. The molecule has 3 heterocycles. The first-order valence-electron chi connectivity index (χ1n) is 8.06. The fourth-order valence-corrected chi connectivity index (χ4v) is 4.28. The molecular weight excluding hydrogens is 286 g/mol. The number of rotatable bonds is 1. The van der Waals surface area contributed by atoms with Gasteiger partial charge in [-0.05, 0) is 30.0 Å². The molecule has 0 unspecified atom stereocenters. The normalized spacial score (nSPS) is 24.8. The van der Waals surface area contributed by atoms with Gasteiger partial charge in [-0.2, -0.15) is 0 Å². The molecule has 4 nitrogen and oxygen atoms in total. The molecule has 0 saturated carbocycles. The highest BCUT2D eigenvalue weighted by Gasteiger charge is 2.40. The SMILES string of the molecule is O[C@H]1c2cnccc2CC[C@H]1[C@H]1c2ccccc2-c2cncn21. The van der Waals surface area contributed by atoms with E-state index in [0.29, 0.717) is 0 Å². The number of aliphatic hydroxyl groups excluding tert-OH is 1. The monoisotopic (exact) mass is 303 g/mol. The summed E-state index contributed by atoms with van der Waals surface area (Å²) in [6.07, 6.45) is 8.91. The molecule has 1 aromatic carbocycles. The van der Waals surface area contributed by atoms with Crippen LogP contribution >= 0.6 is 0 Å². The van der Waals surface area contributed by atoms with E-state index in [-0.39, 0.29) is 12.0 Å². The lowest BCUT2D eigenvalue weighted by Crippen LogP contribution is -2.28. The number of aryl methyl sites for hydroxylation is 1. The van der Waals surface area contributed by atoms with Crippen molar-refractivity contribution in [1.29, 1.82) is 0 Å². The van der Waals surface area contributed by atoms with Gasteiger partial charge in [-0.15, -0.1) is 0 Å². The van der Waals surface area contributed by atoms with Crippen LogP contribution in [0, 0.1) is 5.92 Å².